The van der Waals surface area contributed by atoms with Gasteiger partial charge in [0, 0.05) is 48.9 Å². The Hall–Kier alpha value is -4.60. The van der Waals surface area contributed by atoms with Crippen molar-refractivity contribution in [1.82, 2.24) is 16.1 Å². The Kier molecular flexibility index (Phi) is 26.0. The zero-order chi connectivity index (χ0) is 66.0. The van der Waals surface area contributed by atoms with Crippen LogP contribution in [0.2, 0.25) is 0 Å². The summed E-state index contributed by atoms with van der Waals surface area (Å²) in [5, 5.41) is 72.4. The smallest absolute Gasteiger partial charge is 0.411 e. The lowest BCUT2D eigenvalue weighted by Crippen LogP contribution is -2.65. The van der Waals surface area contributed by atoms with E-state index in [9.17, 15) is 49.8 Å². The Balaban J connectivity index is 1.03. The van der Waals surface area contributed by atoms with E-state index in [4.69, 9.17) is 61.7 Å². The molecule has 2 aromatic rings. The van der Waals surface area contributed by atoms with E-state index in [-0.39, 0.29) is 76.5 Å². The summed E-state index contributed by atoms with van der Waals surface area (Å²) in [6.07, 6.45) is -14.6. The number of Topliss-reactive ketones (excluding diaryl/α,β-unsaturated/α-hetero) is 1. The van der Waals surface area contributed by atoms with Crippen LogP contribution in [0.1, 0.15) is 73.2 Å². The number of ether oxygens (including phenoxy) is 12. The number of allylic oxidation sites excluding steroid dienone is 3. The van der Waals surface area contributed by atoms with Gasteiger partial charge < -0.3 is 92.8 Å². The number of aromatic carboxylic acids is 1. The SMILES string of the molecule is CCN[C@H]1CO[C@@H](O[C@H]2[C@H](O[C@H]3C#C/C=C/C#C[C@]4(O)CC(=O)C(NC(=O)OC)=C3/C4=C\CSSc3ccc(C(=O)O)cc3)O[C@H](C)[C@@H](NO[C@H]3C[C@H](O)[C@H](SC(=O)c4c(C)c(I)c(O[C@@H]5O[C@@H](C)[C@H](O)[C@@H](OC)[C@H]5O)c(OC)c4OC)[C@@H](C)O3)[C@@H]2O)C[C@@H]1OC. The Morgan fingerprint density at radius 1 is 0.846 bits per heavy atom. The predicted octanol–water partition coefficient (Wildman–Crippen LogP) is 3.68. The molecular weight excluding hydrogens is 1370 g/mol. The lowest BCUT2D eigenvalue weighted by Gasteiger charge is -2.46. The van der Waals surface area contributed by atoms with Crippen LogP contribution in [-0.2, 0) is 52.3 Å². The second kappa shape index (κ2) is 32.7. The maximum Gasteiger partial charge on any atom is 0.411 e. The Labute approximate surface area is 552 Å². The van der Waals surface area contributed by atoms with Gasteiger partial charge in [-0.3, -0.25) is 19.7 Å². The molecule has 4 saturated heterocycles. The van der Waals surface area contributed by atoms with Gasteiger partial charge in [0.15, 0.2) is 41.8 Å². The van der Waals surface area contributed by atoms with Crippen molar-refractivity contribution in [2.24, 2.45) is 0 Å². The van der Waals surface area contributed by atoms with E-state index in [1.54, 1.807) is 53.0 Å². The van der Waals surface area contributed by atoms with Crippen molar-refractivity contribution in [1.29, 1.82) is 0 Å². The van der Waals surface area contributed by atoms with Crippen molar-refractivity contribution < 1.29 is 111 Å². The van der Waals surface area contributed by atoms with Crippen LogP contribution in [0.15, 0.2) is 64.2 Å². The predicted molar refractivity (Wildman–Crippen MR) is 338 cm³/mol. The molecule has 8 rings (SSSR count). The van der Waals surface area contributed by atoms with Gasteiger partial charge in [0.05, 0.1) is 103 Å². The quantitative estimate of drug-likeness (QED) is 0.0252. The molecule has 4 fully saturated rings. The number of benzene rings is 2. The lowest BCUT2D eigenvalue weighted by molar-refractivity contribution is -0.336. The number of aliphatic hydroxyl groups is 5. The first-order valence-corrected chi connectivity index (χ1v) is 33.3. The molecule has 91 heavy (non-hydrogen) atoms. The van der Waals surface area contributed by atoms with Crippen LogP contribution in [0.4, 0.5) is 4.79 Å². The van der Waals surface area contributed by atoms with Crippen LogP contribution in [0.3, 0.4) is 0 Å². The second-order valence-electron chi connectivity index (χ2n) is 21.7. The van der Waals surface area contributed by atoms with Gasteiger partial charge in [0.25, 0.3) is 0 Å². The number of nitrogens with one attached hydrogen (secondary N) is 3. The maximum atomic E-state index is 14.5. The van der Waals surface area contributed by atoms with E-state index in [1.807, 2.05) is 29.5 Å². The number of carboxylic acids is 1. The fraction of sp³-hybridized carbons (Fsp3) is 0.574. The number of aliphatic hydroxyl groups excluding tert-OH is 4. The standard InChI is InChI=1S/C61H76IN3O23S3/c1-11-63-35-27-81-40(25-39(35)76-6)86-53-48(69)45(65-88-41-24-36(66)55(31(5)82-41)90-57(73)42-28(2)44(62)51(54(79-9)50(42)77-7)87-58-49(70)52(78-8)47(68)30(4)84-58)29(3)83-59(53)85-38-16-14-12-13-15-22-61(75)26-37(67)46(64-60(74)80-10)43(38)34(61)21-23-89-91-33-19-17-32(18-20-33)56(71)72/h12-13,17-21,29-31,35-36,38-41,45,47-49,52-53,55,58-59,63,65-66,68-70,75H,11,23-27H2,1-10H3,(H,64,74)(H,71,72)/b13-12+,34-21+/t29-,30+,31-,35+,36+,38+,39+,40+,41+,45-,47+,48+,49-,52-,53-,55-,58+,59+,61+/m1/s1. The number of amides is 1. The molecule has 2 aliphatic carbocycles. The molecule has 0 aromatic heterocycles. The molecule has 6 aliphatic rings. The third-order valence-electron chi connectivity index (χ3n) is 15.9. The van der Waals surface area contributed by atoms with Crippen LogP contribution < -0.4 is 30.3 Å². The van der Waals surface area contributed by atoms with Crippen LogP contribution in [0, 0.1) is 34.2 Å². The third kappa shape index (κ3) is 16.7. The first-order valence-electron chi connectivity index (χ1n) is 29.0. The monoisotopic (exact) mass is 1440 g/mol. The van der Waals surface area contributed by atoms with Gasteiger partial charge in [0.2, 0.25) is 17.2 Å². The van der Waals surface area contributed by atoms with Gasteiger partial charge in [-0.25, -0.2) is 9.59 Å². The van der Waals surface area contributed by atoms with E-state index in [0.29, 0.717) is 15.7 Å². The van der Waals surface area contributed by atoms with Gasteiger partial charge >= 0.3 is 12.1 Å². The molecule has 498 valence electrons. The summed E-state index contributed by atoms with van der Waals surface area (Å²) in [6, 6.07) is 4.91. The normalized spacial score (nSPS) is 34.0. The van der Waals surface area contributed by atoms with E-state index in [1.165, 1.54) is 67.2 Å². The molecule has 2 aromatic carbocycles. The minimum atomic E-state index is -2.16. The second-order valence-corrected chi connectivity index (χ2v) is 26.4. The number of carbonyl (C=O) groups is 4. The average Bonchev–Trinajstić information content (AvgIpc) is 0.833. The molecule has 19 atom stereocenters. The topological polar surface area (TPSA) is 346 Å². The van der Waals surface area contributed by atoms with E-state index >= 15 is 0 Å². The highest BCUT2D eigenvalue weighted by Crippen LogP contribution is 2.49. The molecule has 9 N–H and O–H groups in total. The zero-order valence-corrected chi connectivity index (χ0v) is 56.0. The number of thioether (sulfide) groups is 1. The summed E-state index contributed by atoms with van der Waals surface area (Å²) < 4.78 is 72.7. The number of hydrogen-bond acceptors (Lipinski definition) is 27. The van der Waals surface area contributed by atoms with E-state index in [0.717, 1.165) is 23.8 Å². The number of rotatable bonds is 23. The summed E-state index contributed by atoms with van der Waals surface area (Å²) in [5.74, 6) is 9.91. The van der Waals surface area contributed by atoms with Crippen molar-refractivity contribution in [3.63, 3.8) is 0 Å². The van der Waals surface area contributed by atoms with Crippen LogP contribution in [0.25, 0.3) is 0 Å². The summed E-state index contributed by atoms with van der Waals surface area (Å²) in [5.41, 5.74) is 1.03. The van der Waals surface area contributed by atoms with Crippen molar-refractivity contribution in [2.45, 2.75) is 174 Å². The Morgan fingerprint density at radius 3 is 2.22 bits per heavy atom. The highest BCUT2D eigenvalue weighted by Gasteiger charge is 2.52. The Morgan fingerprint density at radius 2 is 1.56 bits per heavy atom. The molecule has 0 radical (unpaired) electrons. The van der Waals surface area contributed by atoms with Gasteiger partial charge in [0.1, 0.15) is 36.6 Å². The molecule has 0 saturated carbocycles. The number of halogens is 1. The first-order chi connectivity index (χ1) is 43.5. The fourth-order valence-electron chi connectivity index (χ4n) is 11.2. The summed E-state index contributed by atoms with van der Waals surface area (Å²) in [6.45, 7) is 9.29. The first kappa shape index (κ1) is 72.2. The van der Waals surface area contributed by atoms with E-state index in [2.05, 4.69) is 39.8 Å². The number of ketones is 1. The van der Waals surface area contributed by atoms with Crippen LogP contribution >= 0.6 is 55.9 Å². The molecule has 30 heteroatoms. The van der Waals surface area contributed by atoms with Crippen LogP contribution in [-0.4, -0.2) is 223 Å². The number of alkyl carbamates (subject to hydrolysis) is 1. The summed E-state index contributed by atoms with van der Waals surface area (Å²) in [4.78, 5) is 60.2. The molecule has 26 nitrogen and oxygen atoms in total. The summed E-state index contributed by atoms with van der Waals surface area (Å²) >= 11 is 2.80. The zero-order valence-electron chi connectivity index (χ0n) is 51.4. The third-order valence-corrected chi connectivity index (χ3v) is 20.8. The number of fused-ring (bicyclic) bond motifs is 2. The van der Waals surface area contributed by atoms with Gasteiger partial charge in [-0.05, 0) is 98.8 Å². The average molecular weight is 1440 g/mol. The number of hydroxylamine groups is 1. The maximum absolute atomic E-state index is 14.5. The molecule has 4 aliphatic heterocycles. The fourth-order valence-corrected chi connectivity index (χ4v) is 14.8. The molecule has 0 spiro atoms. The van der Waals surface area contributed by atoms with Crippen molar-refractivity contribution in [3.05, 3.63) is 79.6 Å². The Bertz CT molecular complexity index is 3160. The molecule has 4 heterocycles. The van der Waals surface area contributed by atoms with Gasteiger partial charge in [-0.2, -0.15) is 5.48 Å². The molecule has 0 unspecified atom stereocenters. The minimum absolute atomic E-state index is 0.0130. The number of carbonyl (C=O) groups excluding carboxylic acids is 3. The highest BCUT2D eigenvalue weighted by atomic mass is 127. The lowest BCUT2D eigenvalue weighted by atomic mass is 9.75. The van der Waals surface area contributed by atoms with Crippen molar-refractivity contribution in [2.75, 3.05) is 54.5 Å². The van der Waals surface area contributed by atoms with Crippen LogP contribution in [0.5, 0.6) is 17.2 Å². The van der Waals surface area contributed by atoms with Gasteiger partial charge in [-0.15, -0.1) is 0 Å². The van der Waals surface area contributed by atoms with E-state index < -0.39 is 139 Å². The highest BCUT2D eigenvalue weighted by molar-refractivity contribution is 14.1. The van der Waals surface area contributed by atoms with Gasteiger partial charge in [-0.1, -0.05) is 70.0 Å². The molecular formula is C61H76IN3O23S3. The largest absolute Gasteiger partial charge is 0.492 e. The minimum Gasteiger partial charge on any atom is -0.492 e. The number of likely N-dealkylation sites (N-methyl/N-ethyl adjacent to an activating group) is 1. The number of carboxylic acid groups (broad SMARTS) is 1. The molecule has 2 bridgehead atoms. The number of hydrogen-bond donors (Lipinski definition) is 9. The van der Waals surface area contributed by atoms with Crippen molar-refractivity contribution >= 4 is 78.9 Å². The van der Waals surface area contributed by atoms with Crippen molar-refractivity contribution in [3.8, 4) is 40.9 Å². The number of methoxy groups -OCH3 is 5. The molecule has 1 amide bonds. The summed E-state index contributed by atoms with van der Waals surface area (Å²) in [7, 11) is 9.35.